The van der Waals surface area contributed by atoms with Gasteiger partial charge in [-0.05, 0) is 0 Å². The summed E-state index contributed by atoms with van der Waals surface area (Å²) in [6, 6.07) is 78.0. The Morgan fingerprint density at radius 2 is 0.508 bits per heavy atom. The first-order chi connectivity index (χ1) is 31.6. The van der Waals surface area contributed by atoms with E-state index >= 15 is 16.8 Å². The predicted octanol–water partition coefficient (Wildman–Crippen LogP) is 5.86. The number of phenolic OH excluding ortho intramolecular Hbond substituents is 1. The van der Waals surface area contributed by atoms with Crippen LogP contribution in [0.4, 0.5) is 0 Å². The van der Waals surface area contributed by atoms with E-state index in [9.17, 15) is 5.11 Å². The molecule has 65 heavy (non-hydrogen) atoms. The summed E-state index contributed by atoms with van der Waals surface area (Å²) >= 11 is -12.3. The third-order valence-corrected chi connectivity index (χ3v) is 52.4. The summed E-state index contributed by atoms with van der Waals surface area (Å²) in [5.41, 5.74) is 0. The summed E-state index contributed by atoms with van der Waals surface area (Å²) in [5, 5.41) is 11.7. The van der Waals surface area contributed by atoms with E-state index in [1.54, 1.807) is 0 Å². The minimum atomic E-state index is -6.19. The molecule has 9 rings (SSSR count). The van der Waals surface area contributed by atoms with Crippen LogP contribution in [0.1, 0.15) is 0 Å². The Kier molecular flexibility index (Phi) is 12.0. The Balaban J connectivity index is 1.32. The summed E-state index contributed by atoms with van der Waals surface area (Å²) in [6.07, 6.45) is 0. The van der Waals surface area contributed by atoms with Crippen LogP contribution in [-0.4, -0.2) is 57.6 Å². The van der Waals surface area contributed by atoms with Crippen molar-refractivity contribution in [1.29, 1.82) is 0 Å². The van der Waals surface area contributed by atoms with Crippen LogP contribution in [0, 0.1) is 0 Å². The molecule has 0 aliphatic carbocycles. The van der Waals surface area contributed by atoms with Gasteiger partial charge in [-0.2, -0.15) is 0 Å². The van der Waals surface area contributed by atoms with Gasteiger partial charge in [-0.1, -0.05) is 0 Å². The molecule has 9 aromatic rings. The molecule has 0 aliphatic rings. The van der Waals surface area contributed by atoms with Gasteiger partial charge in [0.15, 0.2) is 0 Å². The van der Waals surface area contributed by atoms with Crippen molar-refractivity contribution in [3.05, 3.63) is 261 Å². The topological polar surface area (TPSA) is 107 Å². The van der Waals surface area contributed by atoms with Gasteiger partial charge >= 0.3 is 387 Å². The van der Waals surface area contributed by atoms with Crippen LogP contribution in [0.25, 0.3) is 0 Å². The van der Waals surface area contributed by atoms with E-state index in [0.29, 0.717) is 28.1 Å². The maximum absolute atomic E-state index is 15.7. The Morgan fingerprint density at radius 3 is 0.738 bits per heavy atom. The SMILES string of the molecule is O=S(=O)([O][Sb]([c]1ccccc1)([c]1ccccc1)([c]1ccccc1)[c]1ccccc1)c1ccc(O)c(S(=O)(=O)[O][Sb]([c]2ccccc2)([c]2ccccc2)([c]2ccccc2)[c]2ccccc2)c1. The van der Waals surface area contributed by atoms with Gasteiger partial charge in [-0.15, -0.1) is 0 Å². The van der Waals surface area contributed by atoms with Gasteiger partial charge in [-0.25, -0.2) is 0 Å². The Morgan fingerprint density at radius 1 is 0.292 bits per heavy atom. The molecule has 0 amide bonds. The monoisotopic (exact) mass is 1110 g/mol. The van der Waals surface area contributed by atoms with Crippen molar-refractivity contribution in [1.82, 2.24) is 0 Å². The van der Waals surface area contributed by atoms with Crippen molar-refractivity contribution in [2.75, 3.05) is 0 Å². The molecule has 0 aliphatic heterocycles. The van der Waals surface area contributed by atoms with Crippen molar-refractivity contribution in [3.63, 3.8) is 0 Å². The van der Waals surface area contributed by atoms with Gasteiger partial charge in [0.05, 0.1) is 0 Å². The molecule has 324 valence electrons. The second-order valence-electron chi connectivity index (χ2n) is 15.4. The normalized spacial score (nSPS) is 13.4. The molecule has 0 spiro atoms. The molecule has 0 saturated heterocycles. The first-order valence-corrected chi connectivity index (χ1v) is 35.9. The fourth-order valence-corrected chi connectivity index (χ4v) is 53.1. The van der Waals surface area contributed by atoms with Gasteiger partial charge in [0.1, 0.15) is 0 Å². The maximum atomic E-state index is 15.7. The van der Waals surface area contributed by atoms with Gasteiger partial charge in [-0.3, -0.25) is 0 Å². The third kappa shape index (κ3) is 7.08. The zero-order valence-corrected chi connectivity index (χ0v) is 41.7. The first-order valence-electron chi connectivity index (χ1n) is 20.8. The average molecular weight is 1110 g/mol. The summed E-state index contributed by atoms with van der Waals surface area (Å²) in [6.45, 7) is 0. The Bertz CT molecular complexity index is 2960. The molecule has 11 heteroatoms. The molecule has 0 saturated carbocycles. The summed E-state index contributed by atoms with van der Waals surface area (Å²) in [7, 11) is -10.1. The Labute approximate surface area is 383 Å². The summed E-state index contributed by atoms with van der Waals surface area (Å²) in [4.78, 5) is -1.21. The molecule has 0 unspecified atom stereocenters. The zero-order chi connectivity index (χ0) is 45.1. The number of hydrogen-bond acceptors (Lipinski definition) is 7. The molecule has 0 fully saturated rings. The van der Waals surface area contributed by atoms with Crippen LogP contribution in [0.2, 0.25) is 0 Å². The predicted molar refractivity (Wildman–Crippen MR) is 265 cm³/mol. The molecule has 0 heterocycles. The van der Waals surface area contributed by atoms with Gasteiger partial charge < -0.3 is 0 Å². The number of aromatic hydroxyl groups is 1. The van der Waals surface area contributed by atoms with Gasteiger partial charge in [0, 0.05) is 0 Å². The fourth-order valence-electron chi connectivity index (χ4n) is 9.16. The van der Waals surface area contributed by atoms with E-state index in [4.69, 9.17) is 4.92 Å². The molecule has 0 aromatic heterocycles. The van der Waals surface area contributed by atoms with E-state index in [2.05, 4.69) is 0 Å². The molecule has 0 radical (unpaired) electrons. The molecule has 0 bridgehead atoms. The van der Waals surface area contributed by atoms with Crippen LogP contribution in [0.15, 0.2) is 271 Å². The van der Waals surface area contributed by atoms with Crippen LogP contribution in [0.5, 0.6) is 5.75 Å². The fraction of sp³-hybridized carbons (Fsp3) is 0. The van der Waals surface area contributed by atoms with Crippen molar-refractivity contribution in [2.45, 2.75) is 9.79 Å². The molecule has 9 aromatic carbocycles. The number of rotatable bonds is 14. The quantitative estimate of drug-likeness (QED) is 0.136. The number of phenols is 1. The van der Waals surface area contributed by atoms with Crippen LogP contribution in [-0.2, 0) is 25.2 Å². The molecule has 0 atom stereocenters. The molecule has 7 nitrogen and oxygen atoms in total. The van der Waals surface area contributed by atoms with Crippen LogP contribution in [0.3, 0.4) is 0 Å². The van der Waals surface area contributed by atoms with E-state index in [-0.39, 0.29) is 0 Å². The standard InChI is InChI=1S/C6H6O7S2.8C6H5.2Sb/c7-5-2-1-4(14(8,9)10)3-6(5)15(11,12)13;8*1-2-4-6-5-3-1;;/h1-3,7H,(H,8,9,10)(H,11,12,13);8*1-5H;;/q;;;;;;;;;2*+1/p-2. The first kappa shape index (κ1) is 44.4. The van der Waals surface area contributed by atoms with Crippen LogP contribution < -0.4 is 28.1 Å². The van der Waals surface area contributed by atoms with E-state index < -0.39 is 71.4 Å². The molecule has 1 N–H and O–H groups in total. The van der Waals surface area contributed by atoms with Crippen molar-refractivity contribution in [3.8, 4) is 5.75 Å². The third-order valence-electron chi connectivity index (χ3n) is 12.0. The zero-order valence-electron chi connectivity index (χ0n) is 34.9. The van der Waals surface area contributed by atoms with E-state index in [0.717, 1.165) is 12.1 Å². The molecular formula is C54H44O7S2Sb2. The van der Waals surface area contributed by atoms with Crippen molar-refractivity contribution >= 4 is 84.0 Å². The number of benzene rings is 9. The van der Waals surface area contributed by atoms with Crippen molar-refractivity contribution in [2.24, 2.45) is 0 Å². The second kappa shape index (κ2) is 17.6. The summed E-state index contributed by atoms with van der Waals surface area (Å²) < 4.78 is 82.4. The minimum absolute atomic E-state index is 0.484. The number of hydrogen-bond donors (Lipinski definition) is 1. The van der Waals surface area contributed by atoms with Gasteiger partial charge in [0.25, 0.3) is 0 Å². The van der Waals surface area contributed by atoms with E-state index in [1.807, 2.05) is 243 Å². The summed E-state index contributed by atoms with van der Waals surface area (Å²) in [5.74, 6) is -0.693. The second-order valence-corrected chi connectivity index (χ2v) is 44.6. The molecular weight excluding hydrogens is 1070 g/mol. The Hall–Kier alpha value is -5.76. The average Bonchev–Trinajstić information content (AvgIpc) is 3.37. The van der Waals surface area contributed by atoms with Gasteiger partial charge in [0.2, 0.25) is 0 Å². The van der Waals surface area contributed by atoms with Crippen molar-refractivity contribution < 1.29 is 26.9 Å². The van der Waals surface area contributed by atoms with Crippen LogP contribution >= 0.6 is 0 Å². The van der Waals surface area contributed by atoms with E-state index in [1.165, 1.54) is 6.07 Å².